The zero-order chi connectivity index (χ0) is 16.3. The van der Waals surface area contributed by atoms with Crippen LogP contribution in [0.3, 0.4) is 0 Å². The van der Waals surface area contributed by atoms with E-state index in [1.165, 1.54) is 12.8 Å². The lowest BCUT2D eigenvalue weighted by Crippen LogP contribution is -2.47. The van der Waals surface area contributed by atoms with Crippen LogP contribution < -0.4 is 4.74 Å². The summed E-state index contributed by atoms with van der Waals surface area (Å²) >= 11 is 0. The zero-order valence-electron chi connectivity index (χ0n) is 13.9. The SMILES string of the molecule is COc1ccccc1C1=NO[C@](C)(C(=O)N2CCCCCC2)C1. The first-order chi connectivity index (χ1) is 11.1. The number of likely N-dealkylation sites (tertiary alicyclic amines) is 1. The fourth-order valence-corrected chi connectivity index (χ4v) is 3.29. The monoisotopic (exact) mass is 316 g/mol. The Balaban J connectivity index is 1.75. The minimum Gasteiger partial charge on any atom is -0.496 e. The van der Waals surface area contributed by atoms with Crippen molar-refractivity contribution in [2.45, 2.75) is 44.6 Å². The maximum atomic E-state index is 12.9. The van der Waals surface area contributed by atoms with Gasteiger partial charge in [0.05, 0.1) is 12.8 Å². The molecule has 0 aromatic heterocycles. The van der Waals surface area contributed by atoms with Crippen molar-refractivity contribution in [2.75, 3.05) is 20.2 Å². The molecule has 0 spiro atoms. The largest absolute Gasteiger partial charge is 0.496 e. The van der Waals surface area contributed by atoms with Crippen molar-refractivity contribution in [3.8, 4) is 5.75 Å². The van der Waals surface area contributed by atoms with Gasteiger partial charge in [0, 0.05) is 25.1 Å². The maximum absolute atomic E-state index is 12.9. The summed E-state index contributed by atoms with van der Waals surface area (Å²) in [7, 11) is 1.64. The number of carbonyl (C=O) groups excluding carboxylic acids is 1. The van der Waals surface area contributed by atoms with E-state index in [0.29, 0.717) is 6.42 Å². The third-order valence-electron chi connectivity index (χ3n) is 4.63. The van der Waals surface area contributed by atoms with Gasteiger partial charge in [-0.1, -0.05) is 30.1 Å². The Hall–Kier alpha value is -2.04. The number of nitrogens with zero attached hydrogens (tertiary/aromatic N) is 2. The minimum absolute atomic E-state index is 0.0491. The summed E-state index contributed by atoms with van der Waals surface area (Å²) in [6.07, 6.45) is 5.02. The molecule has 3 rings (SSSR count). The van der Waals surface area contributed by atoms with Gasteiger partial charge in [0.2, 0.25) is 5.60 Å². The quantitative estimate of drug-likeness (QED) is 0.861. The van der Waals surface area contributed by atoms with Gasteiger partial charge in [-0.25, -0.2) is 0 Å². The van der Waals surface area contributed by atoms with Crippen molar-refractivity contribution >= 4 is 11.6 Å². The predicted octanol–water partition coefficient (Wildman–Crippen LogP) is 2.98. The van der Waals surface area contributed by atoms with Crippen LogP contribution in [0.25, 0.3) is 0 Å². The summed E-state index contributed by atoms with van der Waals surface area (Å²) in [4.78, 5) is 20.4. The summed E-state index contributed by atoms with van der Waals surface area (Å²) in [6.45, 7) is 3.48. The van der Waals surface area contributed by atoms with E-state index < -0.39 is 5.60 Å². The van der Waals surface area contributed by atoms with Crippen LogP contribution in [-0.2, 0) is 9.63 Å². The van der Waals surface area contributed by atoms with Crippen LogP contribution in [0.2, 0.25) is 0 Å². The molecule has 2 aliphatic heterocycles. The lowest BCUT2D eigenvalue weighted by Gasteiger charge is -2.29. The Kier molecular flexibility index (Phi) is 4.55. The van der Waals surface area contributed by atoms with Crippen LogP contribution in [-0.4, -0.2) is 42.3 Å². The first kappa shape index (κ1) is 15.8. The topological polar surface area (TPSA) is 51.1 Å². The van der Waals surface area contributed by atoms with Gasteiger partial charge in [0.1, 0.15) is 5.75 Å². The number of benzene rings is 1. The second-order valence-corrected chi connectivity index (χ2v) is 6.44. The number of carbonyl (C=O) groups is 1. The lowest BCUT2D eigenvalue weighted by atomic mass is 9.94. The average Bonchev–Trinajstić information content (AvgIpc) is 2.81. The number of rotatable bonds is 3. The van der Waals surface area contributed by atoms with Crippen molar-refractivity contribution in [2.24, 2.45) is 5.16 Å². The highest BCUT2D eigenvalue weighted by molar-refractivity contribution is 6.07. The van der Waals surface area contributed by atoms with E-state index >= 15 is 0 Å². The van der Waals surface area contributed by atoms with Gasteiger partial charge >= 0.3 is 0 Å². The van der Waals surface area contributed by atoms with Gasteiger partial charge < -0.3 is 14.5 Å². The highest BCUT2D eigenvalue weighted by Crippen LogP contribution is 2.32. The molecule has 124 valence electrons. The predicted molar refractivity (Wildman–Crippen MR) is 88.7 cm³/mol. The number of hydrogen-bond acceptors (Lipinski definition) is 4. The highest BCUT2D eigenvalue weighted by atomic mass is 16.7. The number of oxime groups is 1. The molecule has 0 radical (unpaired) electrons. The Morgan fingerprint density at radius 3 is 2.61 bits per heavy atom. The maximum Gasteiger partial charge on any atom is 0.269 e. The van der Waals surface area contributed by atoms with E-state index in [9.17, 15) is 4.79 Å². The van der Waals surface area contributed by atoms with Gasteiger partial charge in [-0.15, -0.1) is 0 Å². The summed E-state index contributed by atoms with van der Waals surface area (Å²) in [5.74, 6) is 0.800. The molecule has 1 atom stereocenters. The Morgan fingerprint density at radius 1 is 1.22 bits per heavy atom. The molecule has 0 N–H and O–H groups in total. The molecule has 1 aromatic rings. The summed E-state index contributed by atoms with van der Waals surface area (Å²) < 4.78 is 5.39. The third kappa shape index (κ3) is 3.19. The molecule has 0 aliphatic carbocycles. The second-order valence-electron chi connectivity index (χ2n) is 6.44. The zero-order valence-corrected chi connectivity index (χ0v) is 13.9. The molecule has 23 heavy (non-hydrogen) atoms. The fourth-order valence-electron chi connectivity index (χ4n) is 3.29. The number of methoxy groups -OCH3 is 1. The van der Waals surface area contributed by atoms with E-state index in [2.05, 4.69) is 5.16 Å². The molecule has 1 amide bonds. The lowest BCUT2D eigenvalue weighted by molar-refractivity contribution is -0.153. The molecule has 5 heteroatoms. The minimum atomic E-state index is -0.902. The van der Waals surface area contributed by atoms with Crippen LogP contribution >= 0.6 is 0 Å². The number of hydrogen-bond donors (Lipinski definition) is 0. The molecular weight excluding hydrogens is 292 g/mol. The molecule has 2 heterocycles. The first-order valence-electron chi connectivity index (χ1n) is 8.32. The molecule has 0 unspecified atom stereocenters. The van der Waals surface area contributed by atoms with Gasteiger partial charge in [0.25, 0.3) is 5.91 Å². The Morgan fingerprint density at radius 2 is 1.91 bits per heavy atom. The van der Waals surface area contributed by atoms with Crippen LogP contribution in [0.1, 0.15) is 44.6 Å². The first-order valence-corrected chi connectivity index (χ1v) is 8.32. The molecule has 5 nitrogen and oxygen atoms in total. The van der Waals surface area contributed by atoms with Crippen molar-refractivity contribution in [1.82, 2.24) is 4.90 Å². The van der Waals surface area contributed by atoms with Gasteiger partial charge in [0.15, 0.2) is 0 Å². The Bertz CT molecular complexity index is 606. The second kappa shape index (κ2) is 6.60. The number of para-hydroxylation sites is 1. The van der Waals surface area contributed by atoms with Crippen LogP contribution in [0.5, 0.6) is 5.75 Å². The van der Waals surface area contributed by atoms with Crippen molar-refractivity contribution in [3.63, 3.8) is 0 Å². The van der Waals surface area contributed by atoms with Gasteiger partial charge in [-0.05, 0) is 31.9 Å². The van der Waals surface area contributed by atoms with Crippen LogP contribution in [0.4, 0.5) is 0 Å². The van der Waals surface area contributed by atoms with Crippen LogP contribution in [0, 0.1) is 0 Å². The van der Waals surface area contributed by atoms with E-state index in [1.54, 1.807) is 7.11 Å². The Labute approximate surface area is 137 Å². The van der Waals surface area contributed by atoms with Gasteiger partial charge in [-0.2, -0.15) is 0 Å². The van der Waals surface area contributed by atoms with E-state index in [4.69, 9.17) is 9.57 Å². The normalized spacial score (nSPS) is 24.6. The summed E-state index contributed by atoms with van der Waals surface area (Å²) in [6, 6.07) is 7.69. The fraction of sp³-hybridized carbons (Fsp3) is 0.556. The molecule has 0 saturated carbocycles. The van der Waals surface area contributed by atoms with E-state index in [0.717, 1.165) is 43.0 Å². The van der Waals surface area contributed by atoms with E-state index in [1.807, 2.05) is 36.1 Å². The summed E-state index contributed by atoms with van der Waals surface area (Å²) in [5, 5.41) is 4.20. The van der Waals surface area contributed by atoms with Crippen molar-refractivity contribution in [3.05, 3.63) is 29.8 Å². The smallest absolute Gasteiger partial charge is 0.269 e. The molecular formula is C18H24N2O3. The van der Waals surface area contributed by atoms with Crippen molar-refractivity contribution < 1.29 is 14.4 Å². The molecule has 0 bridgehead atoms. The molecule has 2 aliphatic rings. The number of ether oxygens (including phenoxy) is 1. The van der Waals surface area contributed by atoms with Gasteiger partial charge in [-0.3, -0.25) is 4.79 Å². The molecule has 1 aromatic carbocycles. The van der Waals surface area contributed by atoms with Crippen molar-refractivity contribution in [1.29, 1.82) is 0 Å². The van der Waals surface area contributed by atoms with E-state index in [-0.39, 0.29) is 5.91 Å². The average molecular weight is 316 g/mol. The molecule has 1 fully saturated rings. The highest BCUT2D eigenvalue weighted by Gasteiger charge is 2.45. The standard InChI is InChI=1S/C18H24N2O3/c1-18(17(21)20-11-7-3-4-8-12-20)13-15(19-23-18)14-9-5-6-10-16(14)22-2/h5-6,9-10H,3-4,7-8,11-13H2,1-2H3/t18-/m0/s1. The summed E-state index contributed by atoms with van der Waals surface area (Å²) in [5.41, 5.74) is 0.760. The number of amides is 1. The third-order valence-corrected chi connectivity index (χ3v) is 4.63. The molecule has 1 saturated heterocycles. The van der Waals surface area contributed by atoms with Crippen LogP contribution in [0.15, 0.2) is 29.4 Å².